The van der Waals surface area contributed by atoms with Gasteiger partial charge in [-0.2, -0.15) is 0 Å². The van der Waals surface area contributed by atoms with Gasteiger partial charge in [0, 0.05) is 12.8 Å². The molecule has 3 rings (SSSR count). The second-order valence-electron chi connectivity index (χ2n) is 10.0. The van der Waals surface area contributed by atoms with Gasteiger partial charge in [0.2, 0.25) is 0 Å². The average Bonchev–Trinajstić information content (AvgIpc) is 2.51. The van der Waals surface area contributed by atoms with Crippen molar-refractivity contribution in [2.45, 2.75) is 83.1 Å². The zero-order valence-corrected chi connectivity index (χ0v) is 17.4. The summed E-state index contributed by atoms with van der Waals surface area (Å²) in [6.07, 6.45) is 0.596. The minimum absolute atomic E-state index is 0.0164. The highest BCUT2D eigenvalue weighted by Crippen LogP contribution is 2.42. The van der Waals surface area contributed by atoms with Crippen molar-refractivity contribution in [1.82, 2.24) is 4.90 Å². The van der Waals surface area contributed by atoms with Crippen LogP contribution in [-0.2, 0) is 20.5 Å². The van der Waals surface area contributed by atoms with Gasteiger partial charge in [0.1, 0.15) is 5.60 Å². The summed E-state index contributed by atoms with van der Waals surface area (Å²) in [6.45, 7) is 13.0. The summed E-state index contributed by atoms with van der Waals surface area (Å²) < 4.78 is 11.3. The molecule has 0 saturated carbocycles. The van der Waals surface area contributed by atoms with E-state index in [1.165, 1.54) is 5.56 Å². The number of hydrogen-bond acceptors (Lipinski definition) is 4. The number of nitrogens with zero attached hydrogens (tertiary/aromatic N) is 1. The molecule has 5 nitrogen and oxygen atoms in total. The minimum atomic E-state index is -0.959. The lowest BCUT2D eigenvalue weighted by atomic mass is 9.75. The van der Waals surface area contributed by atoms with Crippen LogP contribution in [0.3, 0.4) is 0 Å². The number of hydrogen-bond donors (Lipinski definition) is 1. The van der Waals surface area contributed by atoms with Crippen LogP contribution in [0.25, 0.3) is 0 Å². The van der Waals surface area contributed by atoms with Gasteiger partial charge in [-0.3, -0.25) is 4.90 Å². The van der Waals surface area contributed by atoms with Crippen LogP contribution in [-0.4, -0.2) is 47.0 Å². The largest absolute Gasteiger partial charge is 0.444 e. The minimum Gasteiger partial charge on any atom is -0.444 e. The molecule has 2 unspecified atom stereocenters. The maximum absolute atomic E-state index is 12.7. The highest BCUT2D eigenvalue weighted by atomic mass is 16.6. The normalized spacial score (nSPS) is 28.8. The Morgan fingerprint density at radius 2 is 1.74 bits per heavy atom. The predicted molar refractivity (Wildman–Crippen MR) is 105 cm³/mol. The van der Waals surface area contributed by atoms with Crippen molar-refractivity contribution in [3.63, 3.8) is 0 Å². The maximum atomic E-state index is 12.7. The number of aliphatic hydroxyl groups is 1. The molecule has 2 fully saturated rings. The van der Waals surface area contributed by atoms with Crippen molar-refractivity contribution < 1.29 is 19.4 Å². The van der Waals surface area contributed by atoms with Gasteiger partial charge < -0.3 is 14.6 Å². The fraction of sp³-hybridized carbons (Fsp3) is 0.682. The number of fused-ring (bicyclic) bond motifs is 2. The van der Waals surface area contributed by atoms with E-state index >= 15 is 0 Å². The van der Waals surface area contributed by atoms with E-state index in [2.05, 4.69) is 32.9 Å². The van der Waals surface area contributed by atoms with Crippen LogP contribution in [0.15, 0.2) is 24.3 Å². The van der Waals surface area contributed by atoms with E-state index in [-0.39, 0.29) is 23.6 Å². The van der Waals surface area contributed by atoms with Gasteiger partial charge in [0.15, 0.2) is 0 Å². The molecule has 0 aromatic heterocycles. The Morgan fingerprint density at radius 3 is 2.26 bits per heavy atom. The summed E-state index contributed by atoms with van der Waals surface area (Å²) >= 11 is 0. The van der Waals surface area contributed by atoms with Crippen molar-refractivity contribution in [3.05, 3.63) is 35.4 Å². The maximum Gasteiger partial charge on any atom is 0.410 e. The lowest BCUT2D eigenvalue weighted by molar-refractivity contribution is -0.141. The summed E-state index contributed by atoms with van der Waals surface area (Å²) in [7, 11) is 0. The number of rotatable bonds is 1. The van der Waals surface area contributed by atoms with Gasteiger partial charge in [0.25, 0.3) is 0 Å². The van der Waals surface area contributed by atoms with Gasteiger partial charge in [-0.15, -0.1) is 0 Å². The third-order valence-electron chi connectivity index (χ3n) is 5.42. The quantitative estimate of drug-likeness (QED) is 0.807. The molecule has 1 aromatic carbocycles. The Kier molecular flexibility index (Phi) is 5.06. The Balaban J connectivity index is 1.86. The van der Waals surface area contributed by atoms with Crippen molar-refractivity contribution >= 4 is 6.09 Å². The third-order valence-corrected chi connectivity index (χ3v) is 5.42. The molecule has 2 saturated heterocycles. The summed E-state index contributed by atoms with van der Waals surface area (Å²) in [5, 5.41) is 11.5. The van der Waals surface area contributed by atoms with E-state index in [1.807, 2.05) is 32.9 Å². The van der Waals surface area contributed by atoms with Crippen LogP contribution in [0, 0.1) is 0 Å². The molecule has 2 atom stereocenters. The molecular formula is C22H33NO4. The first-order chi connectivity index (χ1) is 12.4. The topological polar surface area (TPSA) is 59.0 Å². The van der Waals surface area contributed by atoms with Gasteiger partial charge in [-0.05, 0) is 37.3 Å². The highest BCUT2D eigenvalue weighted by Gasteiger charge is 2.49. The number of morpholine rings is 1. The lowest BCUT2D eigenvalue weighted by Gasteiger charge is -2.51. The van der Waals surface area contributed by atoms with Crippen molar-refractivity contribution in [1.29, 1.82) is 0 Å². The molecule has 27 heavy (non-hydrogen) atoms. The van der Waals surface area contributed by atoms with Gasteiger partial charge >= 0.3 is 6.09 Å². The second-order valence-corrected chi connectivity index (χ2v) is 10.0. The van der Waals surface area contributed by atoms with E-state index in [9.17, 15) is 9.90 Å². The van der Waals surface area contributed by atoms with Crippen LogP contribution < -0.4 is 0 Å². The molecule has 2 aliphatic rings. The molecule has 2 heterocycles. The van der Waals surface area contributed by atoms with E-state index < -0.39 is 11.2 Å². The van der Waals surface area contributed by atoms with E-state index in [4.69, 9.17) is 9.47 Å². The van der Waals surface area contributed by atoms with Crippen molar-refractivity contribution in [2.75, 3.05) is 13.2 Å². The van der Waals surface area contributed by atoms with Gasteiger partial charge in [-0.1, -0.05) is 45.0 Å². The molecule has 1 aromatic rings. The number of amides is 1. The molecule has 2 aliphatic heterocycles. The second kappa shape index (κ2) is 6.78. The van der Waals surface area contributed by atoms with E-state index in [0.29, 0.717) is 26.1 Å². The SMILES string of the molecule is CC(C)(C)OC(=O)N1C2COCC1CC(O)(c1cccc(C(C)(C)C)c1)C2. The van der Waals surface area contributed by atoms with Crippen molar-refractivity contribution in [3.8, 4) is 0 Å². The smallest absolute Gasteiger partial charge is 0.410 e. The number of piperidine rings is 1. The van der Waals surface area contributed by atoms with E-state index in [1.54, 1.807) is 4.90 Å². The standard InChI is InChI=1S/C22H33NO4/c1-20(2,3)15-8-7-9-16(10-15)22(25)11-17-13-26-14-18(12-22)23(17)19(24)27-21(4,5)6/h7-10,17-18,25H,11-14H2,1-6H3. The summed E-state index contributed by atoms with van der Waals surface area (Å²) in [5.41, 5.74) is 0.641. The summed E-state index contributed by atoms with van der Waals surface area (Å²) in [5.74, 6) is 0. The van der Waals surface area contributed by atoms with Crippen LogP contribution in [0.2, 0.25) is 0 Å². The average molecular weight is 376 g/mol. The number of carbonyl (C=O) groups excluding carboxylic acids is 1. The first-order valence-electron chi connectivity index (χ1n) is 9.81. The number of carbonyl (C=O) groups is 1. The van der Waals surface area contributed by atoms with Gasteiger partial charge in [-0.25, -0.2) is 4.79 Å². The molecule has 5 heteroatoms. The van der Waals surface area contributed by atoms with Crippen LogP contribution in [0.5, 0.6) is 0 Å². The van der Waals surface area contributed by atoms with Crippen LogP contribution >= 0.6 is 0 Å². The molecule has 0 spiro atoms. The first kappa shape index (κ1) is 20.2. The Morgan fingerprint density at radius 1 is 1.15 bits per heavy atom. The fourth-order valence-electron chi connectivity index (χ4n) is 4.10. The molecular weight excluding hydrogens is 342 g/mol. The molecule has 1 N–H and O–H groups in total. The Bertz CT molecular complexity index is 687. The zero-order valence-electron chi connectivity index (χ0n) is 17.4. The molecule has 1 amide bonds. The monoisotopic (exact) mass is 375 g/mol. The summed E-state index contributed by atoms with van der Waals surface area (Å²) in [4.78, 5) is 14.5. The molecule has 2 bridgehead atoms. The Labute approximate surface area is 162 Å². The van der Waals surface area contributed by atoms with Crippen LogP contribution in [0.1, 0.15) is 65.5 Å². The third kappa shape index (κ3) is 4.30. The predicted octanol–water partition coefficient (Wildman–Crippen LogP) is 3.97. The molecule has 0 aliphatic carbocycles. The molecule has 150 valence electrons. The lowest BCUT2D eigenvalue weighted by Crippen LogP contribution is -2.63. The zero-order chi connectivity index (χ0) is 20.0. The first-order valence-corrected chi connectivity index (χ1v) is 9.81. The van der Waals surface area contributed by atoms with E-state index in [0.717, 1.165) is 5.56 Å². The van der Waals surface area contributed by atoms with Gasteiger partial charge in [0.05, 0.1) is 30.9 Å². The fourth-order valence-corrected chi connectivity index (χ4v) is 4.10. The number of benzene rings is 1. The van der Waals surface area contributed by atoms with Crippen molar-refractivity contribution in [2.24, 2.45) is 0 Å². The van der Waals surface area contributed by atoms with Crippen LogP contribution in [0.4, 0.5) is 4.79 Å². The number of ether oxygens (including phenoxy) is 2. The highest BCUT2D eigenvalue weighted by molar-refractivity contribution is 5.69. The summed E-state index contributed by atoms with van der Waals surface area (Å²) in [6, 6.07) is 7.85. The molecule has 0 radical (unpaired) electrons. The Hall–Kier alpha value is -1.59.